The summed E-state index contributed by atoms with van der Waals surface area (Å²) in [5.41, 5.74) is 1.98. The molecule has 9 heteroatoms. The van der Waals surface area contributed by atoms with Gasteiger partial charge in [0.25, 0.3) is 0 Å². The van der Waals surface area contributed by atoms with Crippen LogP contribution in [0, 0.1) is 5.41 Å². The Hall–Kier alpha value is -2.68. The number of ether oxygens (including phenoxy) is 1. The largest absolute Gasteiger partial charge is 0.444 e. The number of carbonyl (C=O) groups excluding carboxylic acids is 1. The van der Waals surface area contributed by atoms with Crippen molar-refractivity contribution in [1.29, 1.82) is 5.41 Å². The number of nitrogens with one attached hydrogen (secondary N) is 3. The van der Waals surface area contributed by atoms with Crippen molar-refractivity contribution >= 4 is 30.5 Å². The van der Waals surface area contributed by atoms with E-state index in [-0.39, 0.29) is 18.2 Å². The molecule has 0 aliphatic carbocycles. The molecule has 7 nitrogen and oxygen atoms in total. The second-order valence-corrected chi connectivity index (χ2v) is 6.72. The Labute approximate surface area is 155 Å². The Morgan fingerprint density at radius 1 is 1.31 bits per heavy atom. The standard InChI is InChI=1S/C17H20FN5O2S/c1-17(2,3)25-16(24)20-9-11-4-6-12(7-5-11)14-13(8-19)15(23-26-18)22-10-21-14/h4-8,10,19H,9H2,1-3H3,(H,20,24)(H,21,22,23). The van der Waals surface area contributed by atoms with E-state index in [2.05, 4.69) is 20.0 Å². The van der Waals surface area contributed by atoms with Gasteiger partial charge in [0.05, 0.1) is 11.3 Å². The lowest BCUT2D eigenvalue weighted by molar-refractivity contribution is 0.0523. The smallest absolute Gasteiger partial charge is 0.407 e. The van der Waals surface area contributed by atoms with Gasteiger partial charge < -0.3 is 15.5 Å². The molecule has 1 aromatic carbocycles. The van der Waals surface area contributed by atoms with Gasteiger partial charge in [-0.2, -0.15) is 0 Å². The van der Waals surface area contributed by atoms with Crippen molar-refractivity contribution in [2.24, 2.45) is 0 Å². The molecule has 2 aromatic rings. The first-order chi connectivity index (χ1) is 12.3. The summed E-state index contributed by atoms with van der Waals surface area (Å²) >= 11 is -0.0920. The maximum absolute atomic E-state index is 12.5. The number of halogens is 1. The number of amides is 1. The molecule has 0 saturated heterocycles. The molecule has 1 amide bonds. The number of nitrogens with zero attached hydrogens (tertiary/aromatic N) is 2. The topological polar surface area (TPSA) is 100.0 Å². The fraction of sp³-hybridized carbons (Fsp3) is 0.294. The highest BCUT2D eigenvalue weighted by Crippen LogP contribution is 2.26. The first kappa shape index (κ1) is 19.6. The summed E-state index contributed by atoms with van der Waals surface area (Å²) in [4.78, 5) is 19.8. The van der Waals surface area contributed by atoms with Crippen molar-refractivity contribution in [1.82, 2.24) is 15.3 Å². The van der Waals surface area contributed by atoms with Crippen LogP contribution in [0.15, 0.2) is 30.6 Å². The van der Waals surface area contributed by atoms with Crippen LogP contribution in [-0.4, -0.2) is 27.9 Å². The Bertz CT molecular complexity index is 778. The lowest BCUT2D eigenvalue weighted by atomic mass is 10.0. The summed E-state index contributed by atoms with van der Waals surface area (Å²) in [6.45, 7) is 5.72. The van der Waals surface area contributed by atoms with E-state index >= 15 is 0 Å². The Balaban J connectivity index is 2.11. The van der Waals surface area contributed by atoms with E-state index in [1.165, 1.54) is 6.33 Å². The van der Waals surface area contributed by atoms with E-state index in [1.54, 1.807) is 20.8 Å². The number of rotatable bonds is 6. The quantitative estimate of drug-likeness (QED) is 0.517. The van der Waals surface area contributed by atoms with E-state index < -0.39 is 11.7 Å². The molecule has 0 unspecified atom stereocenters. The number of aromatic nitrogens is 2. The molecule has 0 radical (unpaired) electrons. The van der Waals surface area contributed by atoms with Crippen LogP contribution in [0.4, 0.5) is 14.5 Å². The van der Waals surface area contributed by atoms with Gasteiger partial charge in [-0.3, -0.25) is 4.72 Å². The minimum Gasteiger partial charge on any atom is -0.444 e. The molecule has 0 spiro atoms. The fourth-order valence-electron chi connectivity index (χ4n) is 2.15. The zero-order valence-corrected chi connectivity index (χ0v) is 15.5. The average Bonchev–Trinajstić information content (AvgIpc) is 2.59. The van der Waals surface area contributed by atoms with Crippen LogP contribution in [0.1, 0.15) is 31.9 Å². The molecule has 1 heterocycles. The number of anilines is 1. The van der Waals surface area contributed by atoms with Crippen LogP contribution in [0.5, 0.6) is 0 Å². The zero-order chi connectivity index (χ0) is 19.2. The second-order valence-electron chi connectivity index (χ2n) is 6.36. The summed E-state index contributed by atoms with van der Waals surface area (Å²) in [6, 6.07) is 7.29. The van der Waals surface area contributed by atoms with E-state index in [9.17, 15) is 8.68 Å². The molecule has 0 bridgehead atoms. The number of hydrogen-bond acceptors (Lipinski definition) is 7. The summed E-state index contributed by atoms with van der Waals surface area (Å²) in [6.07, 6.45) is 1.90. The third-order valence-electron chi connectivity index (χ3n) is 3.23. The minimum atomic E-state index is -0.548. The van der Waals surface area contributed by atoms with Gasteiger partial charge in [0, 0.05) is 18.3 Å². The van der Waals surface area contributed by atoms with Gasteiger partial charge in [0.15, 0.2) is 18.2 Å². The van der Waals surface area contributed by atoms with E-state index in [0.717, 1.165) is 17.3 Å². The first-order valence-electron chi connectivity index (χ1n) is 7.79. The molecule has 0 saturated carbocycles. The molecule has 0 fully saturated rings. The Morgan fingerprint density at radius 3 is 2.58 bits per heavy atom. The first-order valence-corrected chi connectivity index (χ1v) is 8.51. The molecule has 1 aromatic heterocycles. The van der Waals surface area contributed by atoms with Gasteiger partial charge in [-0.25, -0.2) is 14.8 Å². The number of hydrogen-bond donors (Lipinski definition) is 3. The van der Waals surface area contributed by atoms with Crippen LogP contribution in [0.2, 0.25) is 0 Å². The Kier molecular flexibility index (Phi) is 6.51. The third-order valence-corrected chi connectivity index (χ3v) is 3.50. The third kappa shape index (κ3) is 5.41. The molecule has 0 aliphatic heterocycles. The summed E-state index contributed by atoms with van der Waals surface area (Å²) in [5.74, 6) is 0.230. The summed E-state index contributed by atoms with van der Waals surface area (Å²) < 4.78 is 20.0. The van der Waals surface area contributed by atoms with Gasteiger partial charge in [-0.05, 0) is 26.3 Å². The minimum absolute atomic E-state index is 0.0920. The van der Waals surface area contributed by atoms with Crippen LogP contribution in [0.25, 0.3) is 11.3 Å². The summed E-state index contributed by atoms with van der Waals surface area (Å²) in [7, 11) is 0. The van der Waals surface area contributed by atoms with Crippen LogP contribution in [-0.2, 0) is 11.3 Å². The number of benzene rings is 1. The van der Waals surface area contributed by atoms with Gasteiger partial charge >= 0.3 is 6.09 Å². The maximum atomic E-state index is 12.5. The van der Waals surface area contributed by atoms with Crippen molar-refractivity contribution in [3.63, 3.8) is 0 Å². The van der Waals surface area contributed by atoms with Gasteiger partial charge in [0.1, 0.15) is 11.9 Å². The van der Waals surface area contributed by atoms with Crippen molar-refractivity contribution < 1.29 is 13.4 Å². The molecule has 2 rings (SSSR count). The highest BCUT2D eigenvalue weighted by atomic mass is 32.2. The molecular weight excluding hydrogens is 357 g/mol. The van der Waals surface area contributed by atoms with Crippen molar-refractivity contribution in [2.75, 3.05) is 4.72 Å². The molecule has 138 valence electrons. The number of carbonyl (C=O) groups is 1. The molecule has 3 N–H and O–H groups in total. The monoisotopic (exact) mass is 377 g/mol. The van der Waals surface area contributed by atoms with Gasteiger partial charge in [-0.1, -0.05) is 24.3 Å². The average molecular weight is 377 g/mol. The van der Waals surface area contributed by atoms with Gasteiger partial charge in [0.2, 0.25) is 0 Å². The van der Waals surface area contributed by atoms with E-state index in [1.807, 2.05) is 24.3 Å². The molecule has 26 heavy (non-hydrogen) atoms. The molecule has 0 aliphatic rings. The maximum Gasteiger partial charge on any atom is 0.407 e. The predicted molar refractivity (Wildman–Crippen MR) is 101 cm³/mol. The summed E-state index contributed by atoms with van der Waals surface area (Å²) in [5, 5.41) is 10.2. The van der Waals surface area contributed by atoms with Crippen LogP contribution < -0.4 is 10.0 Å². The highest BCUT2D eigenvalue weighted by molar-refractivity contribution is 7.95. The second kappa shape index (κ2) is 8.61. The number of alkyl carbamates (subject to hydrolysis) is 1. The van der Waals surface area contributed by atoms with Crippen LogP contribution in [0.3, 0.4) is 0 Å². The van der Waals surface area contributed by atoms with Gasteiger partial charge in [-0.15, -0.1) is 3.89 Å². The van der Waals surface area contributed by atoms with E-state index in [0.29, 0.717) is 17.8 Å². The van der Waals surface area contributed by atoms with Crippen molar-refractivity contribution in [2.45, 2.75) is 32.9 Å². The van der Waals surface area contributed by atoms with Crippen molar-refractivity contribution in [3.05, 3.63) is 41.7 Å². The van der Waals surface area contributed by atoms with E-state index in [4.69, 9.17) is 10.1 Å². The highest BCUT2D eigenvalue weighted by Gasteiger charge is 2.16. The van der Waals surface area contributed by atoms with Crippen LogP contribution >= 0.6 is 12.3 Å². The fourth-order valence-corrected chi connectivity index (χ4v) is 2.38. The normalized spacial score (nSPS) is 10.9. The zero-order valence-electron chi connectivity index (χ0n) is 14.7. The van der Waals surface area contributed by atoms with Crippen molar-refractivity contribution in [3.8, 4) is 11.3 Å². The lowest BCUT2D eigenvalue weighted by Gasteiger charge is -2.19. The SMILES string of the molecule is CC(C)(C)OC(=O)NCc1ccc(-c2ncnc(NSF)c2C=N)cc1. The molecular formula is C17H20FN5O2S. The lowest BCUT2D eigenvalue weighted by Crippen LogP contribution is -2.32. The Morgan fingerprint density at radius 2 is 2.00 bits per heavy atom. The predicted octanol–water partition coefficient (Wildman–Crippen LogP) is 4.11. The molecule has 0 atom stereocenters.